The molecule has 0 amide bonds. The van der Waals surface area contributed by atoms with Crippen molar-refractivity contribution in [1.82, 2.24) is 9.78 Å². The number of hydrogen-bond acceptors (Lipinski definition) is 1. The van der Waals surface area contributed by atoms with Gasteiger partial charge in [0.25, 0.3) is 0 Å². The van der Waals surface area contributed by atoms with Crippen molar-refractivity contribution in [2.24, 2.45) is 0 Å². The van der Waals surface area contributed by atoms with Crippen LogP contribution in [0.3, 0.4) is 0 Å². The van der Waals surface area contributed by atoms with Crippen molar-refractivity contribution < 1.29 is 13.2 Å². The van der Waals surface area contributed by atoms with E-state index in [4.69, 9.17) is 0 Å². The molecular weight excluding hydrogens is 205 g/mol. The van der Waals surface area contributed by atoms with E-state index < -0.39 is 11.9 Å². The summed E-state index contributed by atoms with van der Waals surface area (Å²) in [7, 11) is 0. The lowest BCUT2D eigenvalue weighted by molar-refractivity contribution is -0.141. The SMILES string of the molecule is FC(F)(F)c1ccn(-c2ccccc2)n1. The smallest absolute Gasteiger partial charge is 0.240 e. The Kier molecular flexibility index (Phi) is 2.22. The molecule has 2 rings (SSSR count). The third kappa shape index (κ3) is 2.01. The highest BCUT2D eigenvalue weighted by molar-refractivity contribution is 5.30. The van der Waals surface area contributed by atoms with Crippen LogP contribution in [-0.4, -0.2) is 9.78 Å². The maximum absolute atomic E-state index is 12.2. The van der Waals surface area contributed by atoms with Crippen molar-refractivity contribution in [2.45, 2.75) is 6.18 Å². The van der Waals surface area contributed by atoms with Crippen LogP contribution in [0.4, 0.5) is 13.2 Å². The molecule has 0 N–H and O–H groups in total. The highest BCUT2D eigenvalue weighted by Crippen LogP contribution is 2.27. The van der Waals surface area contributed by atoms with Gasteiger partial charge in [0.05, 0.1) is 5.69 Å². The first-order valence-electron chi connectivity index (χ1n) is 4.26. The molecule has 2 nitrogen and oxygen atoms in total. The Bertz CT molecular complexity index is 445. The predicted octanol–water partition coefficient (Wildman–Crippen LogP) is 2.89. The van der Waals surface area contributed by atoms with E-state index in [1.54, 1.807) is 30.3 Å². The molecule has 0 saturated heterocycles. The molecule has 0 aliphatic carbocycles. The molecular formula is C10H7F3N2. The first kappa shape index (κ1) is 9.76. The quantitative estimate of drug-likeness (QED) is 0.710. The second kappa shape index (κ2) is 3.42. The minimum Gasteiger partial charge on any atom is -0.240 e. The lowest BCUT2D eigenvalue weighted by atomic mass is 10.3. The van der Waals surface area contributed by atoms with Gasteiger partial charge < -0.3 is 0 Å². The maximum atomic E-state index is 12.2. The highest BCUT2D eigenvalue weighted by Gasteiger charge is 2.33. The van der Waals surface area contributed by atoms with Gasteiger partial charge in [0.1, 0.15) is 0 Å². The molecule has 0 spiro atoms. The van der Waals surface area contributed by atoms with Gasteiger partial charge in [-0.05, 0) is 18.2 Å². The first-order valence-corrected chi connectivity index (χ1v) is 4.26. The molecule has 0 saturated carbocycles. The fraction of sp³-hybridized carbons (Fsp3) is 0.100. The van der Waals surface area contributed by atoms with Crippen LogP contribution in [-0.2, 0) is 6.18 Å². The average Bonchev–Trinajstić information content (AvgIpc) is 2.67. The number of rotatable bonds is 1. The van der Waals surface area contributed by atoms with Gasteiger partial charge in [-0.3, -0.25) is 0 Å². The second-order valence-corrected chi connectivity index (χ2v) is 2.98. The molecule has 0 radical (unpaired) electrons. The monoisotopic (exact) mass is 212 g/mol. The van der Waals surface area contributed by atoms with E-state index >= 15 is 0 Å². The molecule has 78 valence electrons. The van der Waals surface area contributed by atoms with Crippen molar-refractivity contribution in [2.75, 3.05) is 0 Å². The number of alkyl halides is 3. The largest absolute Gasteiger partial charge is 0.435 e. The van der Waals surface area contributed by atoms with Crippen LogP contribution in [0.15, 0.2) is 42.6 Å². The lowest BCUT2D eigenvalue weighted by Gasteiger charge is -2.02. The minimum absolute atomic E-state index is 0.605. The van der Waals surface area contributed by atoms with E-state index in [0.717, 1.165) is 6.07 Å². The Labute approximate surface area is 84.0 Å². The summed E-state index contributed by atoms with van der Waals surface area (Å²) < 4.78 is 37.9. The lowest BCUT2D eigenvalue weighted by Crippen LogP contribution is -2.07. The Morgan fingerprint density at radius 1 is 1.00 bits per heavy atom. The molecule has 0 aliphatic heterocycles. The summed E-state index contributed by atoms with van der Waals surface area (Å²) >= 11 is 0. The zero-order valence-corrected chi connectivity index (χ0v) is 7.57. The summed E-state index contributed by atoms with van der Waals surface area (Å²) in [6, 6.07) is 9.60. The standard InChI is InChI=1S/C10H7F3N2/c11-10(12,13)9-6-7-15(14-9)8-4-2-1-3-5-8/h1-7H. The maximum Gasteiger partial charge on any atom is 0.435 e. The van der Waals surface area contributed by atoms with Crippen LogP contribution in [0.2, 0.25) is 0 Å². The second-order valence-electron chi connectivity index (χ2n) is 2.98. The van der Waals surface area contributed by atoms with E-state index in [-0.39, 0.29) is 0 Å². The Morgan fingerprint density at radius 2 is 1.67 bits per heavy atom. The van der Waals surface area contributed by atoms with Gasteiger partial charge in [-0.2, -0.15) is 18.3 Å². The molecule has 0 atom stereocenters. The minimum atomic E-state index is -4.39. The summed E-state index contributed by atoms with van der Waals surface area (Å²) in [5.41, 5.74) is -0.278. The molecule has 2 aromatic rings. The van der Waals surface area contributed by atoms with Crippen molar-refractivity contribution in [3.8, 4) is 5.69 Å². The van der Waals surface area contributed by atoms with Crippen molar-refractivity contribution in [3.63, 3.8) is 0 Å². The molecule has 0 unspecified atom stereocenters. The highest BCUT2D eigenvalue weighted by atomic mass is 19.4. The zero-order valence-electron chi connectivity index (χ0n) is 7.57. The molecule has 1 heterocycles. The normalized spacial score (nSPS) is 11.7. The van der Waals surface area contributed by atoms with E-state index in [1.807, 2.05) is 0 Å². The molecule has 1 aromatic heterocycles. The van der Waals surface area contributed by atoms with E-state index in [9.17, 15) is 13.2 Å². The van der Waals surface area contributed by atoms with Crippen LogP contribution in [0.5, 0.6) is 0 Å². The summed E-state index contributed by atoms with van der Waals surface area (Å²) in [4.78, 5) is 0. The van der Waals surface area contributed by atoms with Crippen molar-refractivity contribution in [3.05, 3.63) is 48.3 Å². The van der Waals surface area contributed by atoms with Gasteiger partial charge >= 0.3 is 6.18 Å². The van der Waals surface area contributed by atoms with Gasteiger partial charge in [0.15, 0.2) is 5.69 Å². The first-order chi connectivity index (χ1) is 7.07. The Hall–Kier alpha value is -1.78. The van der Waals surface area contributed by atoms with E-state index in [1.165, 1.54) is 10.9 Å². The van der Waals surface area contributed by atoms with Gasteiger partial charge in [0.2, 0.25) is 0 Å². The Morgan fingerprint density at radius 3 is 2.20 bits per heavy atom. The van der Waals surface area contributed by atoms with Gasteiger partial charge in [-0.1, -0.05) is 18.2 Å². The molecule has 5 heteroatoms. The molecule has 0 fully saturated rings. The van der Waals surface area contributed by atoms with E-state index in [0.29, 0.717) is 5.69 Å². The van der Waals surface area contributed by atoms with Crippen LogP contribution < -0.4 is 0 Å². The third-order valence-corrected chi connectivity index (χ3v) is 1.90. The molecule has 0 aliphatic rings. The van der Waals surface area contributed by atoms with Crippen LogP contribution in [0.1, 0.15) is 5.69 Å². The van der Waals surface area contributed by atoms with Gasteiger partial charge in [-0.25, -0.2) is 4.68 Å². The van der Waals surface area contributed by atoms with E-state index in [2.05, 4.69) is 5.10 Å². The number of halogens is 3. The average molecular weight is 212 g/mol. The molecule has 0 bridgehead atoms. The number of benzene rings is 1. The zero-order chi connectivity index (χ0) is 10.9. The number of hydrogen-bond donors (Lipinski definition) is 0. The van der Waals surface area contributed by atoms with Crippen LogP contribution in [0.25, 0.3) is 5.69 Å². The van der Waals surface area contributed by atoms with Crippen molar-refractivity contribution >= 4 is 0 Å². The number of para-hydroxylation sites is 1. The predicted molar refractivity (Wildman–Crippen MR) is 48.6 cm³/mol. The third-order valence-electron chi connectivity index (χ3n) is 1.90. The summed E-state index contributed by atoms with van der Waals surface area (Å²) in [5, 5.41) is 3.44. The molecule has 1 aromatic carbocycles. The summed E-state index contributed by atoms with van der Waals surface area (Å²) in [5.74, 6) is 0. The van der Waals surface area contributed by atoms with Crippen molar-refractivity contribution in [1.29, 1.82) is 0 Å². The summed E-state index contributed by atoms with van der Waals surface area (Å²) in [6.07, 6.45) is -3.10. The number of aromatic nitrogens is 2. The Balaban J connectivity index is 2.37. The fourth-order valence-corrected chi connectivity index (χ4v) is 1.20. The number of nitrogens with zero attached hydrogens (tertiary/aromatic N) is 2. The van der Waals surface area contributed by atoms with Crippen LogP contribution >= 0.6 is 0 Å². The molecule has 15 heavy (non-hydrogen) atoms. The van der Waals surface area contributed by atoms with Gasteiger partial charge in [-0.15, -0.1) is 0 Å². The topological polar surface area (TPSA) is 17.8 Å². The van der Waals surface area contributed by atoms with Crippen LogP contribution in [0, 0.1) is 0 Å². The fourth-order valence-electron chi connectivity index (χ4n) is 1.20. The van der Waals surface area contributed by atoms with Gasteiger partial charge in [0, 0.05) is 6.20 Å². The summed E-state index contributed by atoms with van der Waals surface area (Å²) in [6.45, 7) is 0.